The van der Waals surface area contributed by atoms with Gasteiger partial charge in [0.05, 0.1) is 6.42 Å². The van der Waals surface area contributed by atoms with Gasteiger partial charge in [-0.25, -0.2) is 0 Å². The highest BCUT2D eigenvalue weighted by molar-refractivity contribution is 5.78. The predicted molar refractivity (Wildman–Crippen MR) is 71.7 cm³/mol. The molecule has 2 nitrogen and oxygen atoms in total. The van der Waals surface area contributed by atoms with Crippen LogP contribution in [0.5, 0.6) is 0 Å². The van der Waals surface area contributed by atoms with Crippen molar-refractivity contribution < 1.29 is 4.79 Å². The van der Waals surface area contributed by atoms with E-state index in [4.69, 9.17) is 0 Å². The Morgan fingerprint density at radius 3 is 2.53 bits per heavy atom. The first-order valence-corrected chi connectivity index (χ1v) is 6.07. The summed E-state index contributed by atoms with van der Waals surface area (Å²) in [6.07, 6.45) is 3.12. The molecular weight excluding hydrogens is 210 g/mol. The first-order valence-electron chi connectivity index (χ1n) is 6.07. The van der Waals surface area contributed by atoms with E-state index in [9.17, 15) is 4.79 Å². The lowest BCUT2D eigenvalue weighted by atomic mass is 10.0. The molecule has 2 heteroatoms. The molecule has 0 aliphatic rings. The molecule has 0 radical (unpaired) electrons. The smallest absolute Gasteiger partial charge is 0.224 e. The van der Waals surface area contributed by atoms with Crippen molar-refractivity contribution in [1.82, 2.24) is 5.32 Å². The zero-order valence-corrected chi connectivity index (χ0v) is 10.6. The zero-order chi connectivity index (χ0) is 12.7. The van der Waals surface area contributed by atoms with E-state index in [1.807, 2.05) is 36.4 Å². The van der Waals surface area contributed by atoms with E-state index >= 15 is 0 Å². The minimum absolute atomic E-state index is 0.0803. The Morgan fingerprint density at radius 2 is 2.00 bits per heavy atom. The van der Waals surface area contributed by atoms with E-state index in [0.29, 0.717) is 12.3 Å². The fraction of sp³-hybridized carbons (Fsp3) is 0.400. The molecule has 0 aliphatic carbocycles. The molecule has 0 bridgehead atoms. The quantitative estimate of drug-likeness (QED) is 0.749. The number of rotatable bonds is 6. The highest BCUT2D eigenvalue weighted by Crippen LogP contribution is 2.07. The summed E-state index contributed by atoms with van der Waals surface area (Å²) >= 11 is 0. The number of benzene rings is 1. The third-order valence-electron chi connectivity index (χ3n) is 2.78. The Hall–Kier alpha value is -1.57. The zero-order valence-electron chi connectivity index (χ0n) is 10.6. The molecule has 1 aromatic rings. The third-order valence-corrected chi connectivity index (χ3v) is 2.78. The van der Waals surface area contributed by atoms with Gasteiger partial charge in [-0.3, -0.25) is 4.79 Å². The first kappa shape index (κ1) is 13.5. The van der Waals surface area contributed by atoms with Gasteiger partial charge in [0.25, 0.3) is 0 Å². The lowest BCUT2D eigenvalue weighted by Crippen LogP contribution is -2.39. The van der Waals surface area contributed by atoms with Crippen molar-refractivity contribution in [2.75, 3.05) is 0 Å². The van der Waals surface area contributed by atoms with Crippen molar-refractivity contribution >= 4 is 5.91 Å². The molecule has 1 aromatic carbocycles. The van der Waals surface area contributed by atoms with Crippen LogP contribution in [0.15, 0.2) is 43.0 Å². The number of carbonyl (C=O) groups is 1. The highest BCUT2D eigenvalue weighted by Gasteiger charge is 2.14. The van der Waals surface area contributed by atoms with Gasteiger partial charge in [-0.2, -0.15) is 0 Å². The molecule has 0 saturated carbocycles. The summed E-state index contributed by atoms with van der Waals surface area (Å²) in [6, 6.07) is 9.98. The number of hydrogen-bond donors (Lipinski definition) is 1. The van der Waals surface area contributed by atoms with Gasteiger partial charge in [-0.05, 0) is 17.9 Å². The van der Waals surface area contributed by atoms with Gasteiger partial charge < -0.3 is 5.32 Å². The first-order chi connectivity index (χ1) is 8.13. The van der Waals surface area contributed by atoms with Crippen molar-refractivity contribution in [3.63, 3.8) is 0 Å². The lowest BCUT2D eigenvalue weighted by molar-refractivity contribution is -0.121. The monoisotopic (exact) mass is 231 g/mol. The lowest BCUT2D eigenvalue weighted by Gasteiger charge is -2.20. The van der Waals surface area contributed by atoms with Crippen LogP contribution in [0.2, 0.25) is 0 Å². The van der Waals surface area contributed by atoms with E-state index < -0.39 is 0 Å². The number of hydrogen-bond acceptors (Lipinski definition) is 1. The second kappa shape index (κ2) is 6.89. The molecule has 0 saturated heterocycles. The Morgan fingerprint density at radius 1 is 1.35 bits per heavy atom. The summed E-state index contributed by atoms with van der Waals surface area (Å²) in [5.74, 6) is 0.504. The largest absolute Gasteiger partial charge is 0.353 e. The predicted octanol–water partition coefficient (Wildman–Crippen LogP) is 2.95. The maximum Gasteiger partial charge on any atom is 0.224 e. The van der Waals surface area contributed by atoms with Crippen LogP contribution >= 0.6 is 0 Å². The standard InChI is InChI=1S/C15H21NO/c1-4-8-14(12(2)3)16-15(17)11-13-9-6-5-7-10-13/h4-7,9-10,12,14H,1,8,11H2,2-3H3,(H,16,17). The van der Waals surface area contributed by atoms with E-state index in [0.717, 1.165) is 12.0 Å². The number of amides is 1. The van der Waals surface area contributed by atoms with Gasteiger partial charge in [-0.15, -0.1) is 6.58 Å². The van der Waals surface area contributed by atoms with Crippen molar-refractivity contribution in [1.29, 1.82) is 0 Å². The minimum Gasteiger partial charge on any atom is -0.353 e. The number of nitrogens with one attached hydrogen (secondary N) is 1. The molecule has 1 N–H and O–H groups in total. The molecule has 0 fully saturated rings. The molecule has 0 aliphatic heterocycles. The molecule has 1 unspecified atom stereocenters. The average Bonchev–Trinajstić information content (AvgIpc) is 2.29. The summed E-state index contributed by atoms with van der Waals surface area (Å²) in [4.78, 5) is 11.9. The van der Waals surface area contributed by atoms with Crippen molar-refractivity contribution in [3.8, 4) is 0 Å². The van der Waals surface area contributed by atoms with E-state index in [1.165, 1.54) is 0 Å². The molecule has 1 amide bonds. The fourth-order valence-corrected chi connectivity index (χ4v) is 1.72. The summed E-state index contributed by atoms with van der Waals surface area (Å²) in [7, 11) is 0. The van der Waals surface area contributed by atoms with Gasteiger partial charge >= 0.3 is 0 Å². The van der Waals surface area contributed by atoms with Crippen molar-refractivity contribution in [2.24, 2.45) is 5.92 Å². The Bertz CT molecular complexity index is 356. The van der Waals surface area contributed by atoms with Crippen molar-refractivity contribution in [3.05, 3.63) is 48.6 Å². The Kier molecular flexibility index (Phi) is 5.47. The molecule has 1 rings (SSSR count). The molecule has 92 valence electrons. The fourth-order valence-electron chi connectivity index (χ4n) is 1.72. The highest BCUT2D eigenvalue weighted by atomic mass is 16.1. The topological polar surface area (TPSA) is 29.1 Å². The molecule has 0 heterocycles. The molecule has 17 heavy (non-hydrogen) atoms. The van der Waals surface area contributed by atoms with Gasteiger partial charge in [-0.1, -0.05) is 50.3 Å². The second-order valence-electron chi connectivity index (χ2n) is 4.60. The maximum absolute atomic E-state index is 11.9. The average molecular weight is 231 g/mol. The van der Waals surface area contributed by atoms with E-state index in [1.54, 1.807) is 0 Å². The Labute approximate surface area is 104 Å². The maximum atomic E-state index is 11.9. The van der Waals surface area contributed by atoms with Crippen LogP contribution < -0.4 is 5.32 Å². The minimum atomic E-state index is 0.0803. The van der Waals surface area contributed by atoms with Crippen LogP contribution in [0.4, 0.5) is 0 Å². The molecule has 1 atom stereocenters. The molecule has 0 aromatic heterocycles. The van der Waals surface area contributed by atoms with Gasteiger partial charge in [0.1, 0.15) is 0 Å². The molecule has 0 spiro atoms. The van der Waals surface area contributed by atoms with Crippen LogP contribution in [0.3, 0.4) is 0 Å². The van der Waals surface area contributed by atoms with Gasteiger partial charge in [0.2, 0.25) is 5.91 Å². The number of carbonyl (C=O) groups excluding carboxylic acids is 1. The summed E-state index contributed by atoms with van der Waals surface area (Å²) in [5.41, 5.74) is 1.05. The van der Waals surface area contributed by atoms with Crippen LogP contribution in [-0.4, -0.2) is 11.9 Å². The van der Waals surface area contributed by atoms with Crippen LogP contribution in [0.25, 0.3) is 0 Å². The van der Waals surface area contributed by atoms with E-state index in [2.05, 4.69) is 25.7 Å². The van der Waals surface area contributed by atoms with Crippen LogP contribution in [-0.2, 0) is 11.2 Å². The summed E-state index contributed by atoms with van der Waals surface area (Å²) in [5, 5.41) is 3.06. The third kappa shape index (κ3) is 4.85. The molecular formula is C15H21NO. The summed E-state index contributed by atoms with van der Waals surface area (Å²) in [6.45, 7) is 7.94. The second-order valence-corrected chi connectivity index (χ2v) is 4.60. The van der Waals surface area contributed by atoms with Gasteiger partial charge in [0, 0.05) is 6.04 Å². The van der Waals surface area contributed by atoms with Crippen LogP contribution in [0.1, 0.15) is 25.8 Å². The van der Waals surface area contributed by atoms with Crippen LogP contribution in [0, 0.1) is 5.92 Å². The Balaban J connectivity index is 2.50. The van der Waals surface area contributed by atoms with E-state index in [-0.39, 0.29) is 11.9 Å². The summed E-state index contributed by atoms with van der Waals surface area (Å²) < 4.78 is 0. The normalized spacial score (nSPS) is 12.2. The van der Waals surface area contributed by atoms with Crippen molar-refractivity contribution in [2.45, 2.75) is 32.7 Å². The SMILES string of the molecule is C=CCC(NC(=O)Cc1ccccc1)C(C)C. The van der Waals surface area contributed by atoms with Gasteiger partial charge in [0.15, 0.2) is 0 Å².